The topological polar surface area (TPSA) is 21.3 Å². The lowest BCUT2D eigenvalue weighted by atomic mass is 9.45. The van der Waals surface area contributed by atoms with E-state index in [-0.39, 0.29) is 17.8 Å². The van der Waals surface area contributed by atoms with Crippen LogP contribution in [0.1, 0.15) is 50.7 Å². The average Bonchev–Trinajstić information content (AvgIpc) is 3.54. The highest BCUT2D eigenvalue weighted by atomic mass is 16.3. The molecule has 0 spiro atoms. The van der Waals surface area contributed by atoms with Gasteiger partial charge in [0.2, 0.25) is 0 Å². The summed E-state index contributed by atoms with van der Waals surface area (Å²) in [6, 6.07) is 27.5. The first-order valence-corrected chi connectivity index (χ1v) is 14.5. The van der Waals surface area contributed by atoms with Crippen LogP contribution in [0, 0.1) is 6.92 Å². The van der Waals surface area contributed by atoms with Gasteiger partial charge in [0.05, 0.1) is 11.1 Å². The van der Waals surface area contributed by atoms with Crippen molar-refractivity contribution in [3.8, 4) is 11.1 Å². The normalized spacial score (nSPS) is 24.0. The summed E-state index contributed by atoms with van der Waals surface area (Å²) in [5.41, 5.74) is 16.1. The summed E-state index contributed by atoms with van der Waals surface area (Å²) in [7, 11) is 0. The summed E-state index contributed by atoms with van der Waals surface area (Å²) < 4.78 is 9.26. The molecule has 3 aliphatic heterocycles. The molecule has 0 bridgehead atoms. The molecule has 3 nitrogen and oxygen atoms in total. The average molecular weight is 504 g/mol. The minimum Gasteiger partial charge on any atom is -0.454 e. The second-order valence-electron chi connectivity index (χ2n) is 12.9. The van der Waals surface area contributed by atoms with Crippen LogP contribution < -0.4 is 15.8 Å². The van der Waals surface area contributed by atoms with E-state index in [1.807, 2.05) is 0 Å². The molecule has 4 heteroatoms. The van der Waals surface area contributed by atoms with Crippen LogP contribution in [0.2, 0.25) is 0 Å². The molecule has 4 aromatic carbocycles. The Balaban J connectivity index is 1.44. The van der Waals surface area contributed by atoms with Crippen molar-refractivity contribution >= 4 is 62.1 Å². The summed E-state index contributed by atoms with van der Waals surface area (Å²) in [4.78, 5) is 2.80. The fraction of sp³-hybridized carbons (Fsp3) is 0.257. The zero-order valence-corrected chi connectivity index (χ0v) is 22.6. The lowest BCUT2D eigenvalue weighted by Crippen LogP contribution is -2.61. The fourth-order valence-corrected chi connectivity index (χ4v) is 9.31. The molecule has 0 amide bonds. The van der Waals surface area contributed by atoms with E-state index in [0.717, 1.165) is 11.2 Å². The first-order valence-electron chi connectivity index (χ1n) is 14.5. The molecule has 2 atom stereocenters. The van der Waals surface area contributed by atoms with Gasteiger partial charge in [0.25, 0.3) is 0 Å². The zero-order chi connectivity index (χ0) is 25.8. The van der Waals surface area contributed by atoms with E-state index in [1.165, 1.54) is 86.5 Å². The van der Waals surface area contributed by atoms with Gasteiger partial charge >= 0.3 is 6.85 Å². The number of benzene rings is 4. The highest BCUT2D eigenvalue weighted by Crippen LogP contribution is 2.61. The van der Waals surface area contributed by atoms with Crippen molar-refractivity contribution in [2.45, 2.75) is 57.4 Å². The smallest absolute Gasteiger partial charge is 0.333 e. The molecule has 1 fully saturated rings. The molecule has 0 N–H and O–H groups in total. The number of furan rings is 1. The number of aryl methyl sites for hydroxylation is 1. The maximum Gasteiger partial charge on any atom is 0.333 e. The Morgan fingerprint density at radius 2 is 1.64 bits per heavy atom. The predicted molar refractivity (Wildman–Crippen MR) is 163 cm³/mol. The number of nitrogens with zero attached hydrogens (tertiary/aromatic N) is 2. The molecule has 39 heavy (non-hydrogen) atoms. The van der Waals surface area contributed by atoms with Crippen LogP contribution in [0.4, 0.5) is 11.4 Å². The van der Waals surface area contributed by atoms with Gasteiger partial charge in [-0.15, -0.1) is 0 Å². The van der Waals surface area contributed by atoms with E-state index in [9.17, 15) is 0 Å². The largest absolute Gasteiger partial charge is 0.454 e. The van der Waals surface area contributed by atoms with E-state index in [2.05, 4.69) is 103 Å². The Morgan fingerprint density at radius 3 is 2.56 bits per heavy atom. The van der Waals surface area contributed by atoms with Crippen LogP contribution >= 0.6 is 0 Å². The first-order chi connectivity index (χ1) is 19.0. The number of aromatic nitrogens is 1. The quantitative estimate of drug-likeness (QED) is 0.199. The van der Waals surface area contributed by atoms with E-state index >= 15 is 0 Å². The number of para-hydroxylation sites is 3. The molecule has 1 saturated carbocycles. The van der Waals surface area contributed by atoms with E-state index in [1.54, 1.807) is 5.56 Å². The molecule has 2 unspecified atom stereocenters. The molecule has 2 aromatic heterocycles. The summed E-state index contributed by atoms with van der Waals surface area (Å²) >= 11 is 0. The van der Waals surface area contributed by atoms with Gasteiger partial charge in [-0.1, -0.05) is 68.3 Å². The van der Waals surface area contributed by atoms with Gasteiger partial charge in [-0.05, 0) is 78.6 Å². The Kier molecular flexibility index (Phi) is 3.47. The number of fused-ring (bicyclic) bond motifs is 12. The second kappa shape index (κ2) is 6.45. The van der Waals surface area contributed by atoms with Gasteiger partial charge in [0, 0.05) is 38.6 Å². The summed E-state index contributed by atoms with van der Waals surface area (Å²) in [5, 5.41) is 2.42. The van der Waals surface area contributed by atoms with Gasteiger partial charge < -0.3 is 13.8 Å². The zero-order valence-electron chi connectivity index (χ0n) is 22.6. The van der Waals surface area contributed by atoms with Crippen LogP contribution in [0.5, 0.6) is 0 Å². The predicted octanol–water partition coefficient (Wildman–Crippen LogP) is 7.54. The van der Waals surface area contributed by atoms with Crippen molar-refractivity contribution < 1.29 is 4.42 Å². The molecule has 6 aromatic rings. The van der Waals surface area contributed by atoms with Crippen molar-refractivity contribution in [2.24, 2.45) is 0 Å². The minimum absolute atomic E-state index is 0.0663. The molecule has 4 aliphatic rings. The third-order valence-electron chi connectivity index (χ3n) is 11.1. The molecule has 10 rings (SSSR count). The standard InChI is InChI=1S/C35H29BN2O/c1-20-18-24-21-11-8-12-23-30(21)38(31-22-10-4-5-15-28(22)39-33(23)31)36-26-14-9-13-25-32(26)37(27(19-20)29(24)36)35(3)17-7-6-16-34(25,35)2/h4-5,8-15,18-19H,6-7,16-17H2,1-3H3. The van der Waals surface area contributed by atoms with Gasteiger partial charge in [0.15, 0.2) is 5.58 Å². The van der Waals surface area contributed by atoms with Gasteiger partial charge in [-0.3, -0.25) is 0 Å². The Labute approximate surface area is 228 Å². The van der Waals surface area contributed by atoms with Crippen molar-refractivity contribution in [3.05, 3.63) is 83.9 Å². The van der Waals surface area contributed by atoms with Crippen LogP contribution in [-0.2, 0) is 5.41 Å². The first kappa shape index (κ1) is 21.0. The van der Waals surface area contributed by atoms with Crippen molar-refractivity contribution in [1.82, 2.24) is 4.48 Å². The third kappa shape index (κ3) is 2.11. The van der Waals surface area contributed by atoms with Crippen molar-refractivity contribution in [3.63, 3.8) is 0 Å². The Bertz CT molecular complexity index is 2100. The summed E-state index contributed by atoms with van der Waals surface area (Å²) in [6.07, 6.45) is 5.09. The number of hydrogen-bond acceptors (Lipinski definition) is 2. The summed E-state index contributed by atoms with van der Waals surface area (Å²) in [6.45, 7) is 7.50. The molecule has 0 radical (unpaired) electrons. The number of anilines is 2. The Morgan fingerprint density at radius 1 is 0.821 bits per heavy atom. The van der Waals surface area contributed by atoms with E-state index in [4.69, 9.17) is 4.42 Å². The van der Waals surface area contributed by atoms with Crippen LogP contribution in [0.15, 0.2) is 77.2 Å². The van der Waals surface area contributed by atoms with Gasteiger partial charge in [0.1, 0.15) is 5.58 Å². The van der Waals surface area contributed by atoms with Crippen LogP contribution in [0.25, 0.3) is 44.1 Å². The highest BCUT2D eigenvalue weighted by molar-refractivity contribution is 6.90. The van der Waals surface area contributed by atoms with Gasteiger partial charge in [-0.2, -0.15) is 0 Å². The monoisotopic (exact) mass is 504 g/mol. The van der Waals surface area contributed by atoms with Crippen molar-refractivity contribution in [2.75, 3.05) is 4.90 Å². The number of hydrogen-bond donors (Lipinski definition) is 0. The molecule has 5 heterocycles. The fourth-order valence-electron chi connectivity index (χ4n) is 9.31. The molecule has 188 valence electrons. The van der Waals surface area contributed by atoms with Crippen molar-refractivity contribution in [1.29, 1.82) is 0 Å². The SMILES string of the molecule is Cc1cc2c3c(c1)N1c4c(cccc4C4(C)CCCCC14C)B3n1c3c-2cccc3c2oc3ccccc3c21. The lowest BCUT2D eigenvalue weighted by molar-refractivity contribution is 0.195. The number of rotatable bonds is 0. The van der Waals surface area contributed by atoms with Gasteiger partial charge in [-0.25, -0.2) is 0 Å². The Hall–Kier alpha value is -3.92. The van der Waals surface area contributed by atoms with E-state index < -0.39 is 0 Å². The maximum absolute atomic E-state index is 6.62. The lowest BCUT2D eigenvalue weighted by Gasteiger charge is -2.52. The second-order valence-corrected chi connectivity index (χ2v) is 12.9. The highest BCUT2D eigenvalue weighted by Gasteiger charge is 2.61. The van der Waals surface area contributed by atoms with Crippen LogP contribution in [-0.4, -0.2) is 16.9 Å². The van der Waals surface area contributed by atoms with E-state index in [0.29, 0.717) is 0 Å². The summed E-state index contributed by atoms with van der Waals surface area (Å²) in [5.74, 6) is 0. The van der Waals surface area contributed by atoms with Crippen LogP contribution in [0.3, 0.4) is 0 Å². The molecule has 1 aliphatic carbocycles. The molecular formula is C35H29BN2O. The minimum atomic E-state index is 0.0663. The maximum atomic E-state index is 6.62. The molecular weight excluding hydrogens is 475 g/mol. The third-order valence-corrected chi connectivity index (χ3v) is 11.1. The molecule has 0 saturated heterocycles.